The SMILES string of the molecule is CC(Cc1cnc(-c2ccnnc2)c(C)c1)=Nc1ccc(-c2ccccc2)nc1. The Morgan fingerprint density at radius 1 is 0.862 bits per heavy atom. The van der Waals surface area contributed by atoms with Gasteiger partial charge in [0.25, 0.3) is 0 Å². The molecule has 4 aromatic rings. The molecule has 0 spiro atoms. The molecule has 5 nitrogen and oxygen atoms in total. The molecule has 29 heavy (non-hydrogen) atoms. The van der Waals surface area contributed by atoms with E-state index in [4.69, 9.17) is 4.99 Å². The first-order valence-corrected chi connectivity index (χ1v) is 9.47. The van der Waals surface area contributed by atoms with E-state index in [9.17, 15) is 0 Å². The summed E-state index contributed by atoms with van der Waals surface area (Å²) in [6, 6.07) is 18.2. The van der Waals surface area contributed by atoms with Gasteiger partial charge in [-0.3, -0.25) is 15.0 Å². The Bertz CT molecular complexity index is 1120. The fraction of sp³-hybridized carbons (Fsp3) is 0.125. The van der Waals surface area contributed by atoms with Gasteiger partial charge in [0.1, 0.15) is 0 Å². The van der Waals surface area contributed by atoms with Gasteiger partial charge in [-0.05, 0) is 43.2 Å². The number of aryl methyl sites for hydroxylation is 1. The molecular weight excluding hydrogens is 358 g/mol. The molecule has 0 aliphatic carbocycles. The average Bonchev–Trinajstić information content (AvgIpc) is 2.75. The molecule has 0 bridgehead atoms. The number of benzene rings is 1. The van der Waals surface area contributed by atoms with Crippen LogP contribution in [-0.4, -0.2) is 25.9 Å². The average molecular weight is 379 g/mol. The Balaban J connectivity index is 1.48. The lowest BCUT2D eigenvalue weighted by atomic mass is 10.0. The summed E-state index contributed by atoms with van der Waals surface area (Å²) in [4.78, 5) is 13.9. The van der Waals surface area contributed by atoms with Gasteiger partial charge in [0.15, 0.2) is 0 Å². The van der Waals surface area contributed by atoms with Gasteiger partial charge in [0, 0.05) is 29.5 Å². The van der Waals surface area contributed by atoms with Crippen LogP contribution in [0, 0.1) is 6.92 Å². The Kier molecular flexibility index (Phi) is 5.47. The smallest absolute Gasteiger partial charge is 0.0812 e. The van der Waals surface area contributed by atoms with E-state index in [1.807, 2.05) is 55.7 Å². The van der Waals surface area contributed by atoms with Crippen LogP contribution in [0.2, 0.25) is 0 Å². The van der Waals surface area contributed by atoms with Gasteiger partial charge >= 0.3 is 0 Å². The zero-order valence-corrected chi connectivity index (χ0v) is 16.4. The Morgan fingerprint density at radius 3 is 2.41 bits per heavy atom. The molecular formula is C24H21N5. The van der Waals surface area contributed by atoms with Crippen molar-refractivity contribution in [2.75, 3.05) is 0 Å². The summed E-state index contributed by atoms with van der Waals surface area (Å²) in [5.41, 5.74) is 8.05. The maximum absolute atomic E-state index is 4.71. The number of aliphatic imine (C=N–C) groups is 1. The summed E-state index contributed by atoms with van der Waals surface area (Å²) in [5, 5.41) is 7.75. The predicted molar refractivity (Wildman–Crippen MR) is 116 cm³/mol. The molecule has 0 amide bonds. The van der Waals surface area contributed by atoms with Crippen LogP contribution in [0.3, 0.4) is 0 Å². The van der Waals surface area contributed by atoms with Crippen molar-refractivity contribution < 1.29 is 0 Å². The van der Waals surface area contributed by atoms with Crippen LogP contribution in [0.15, 0.2) is 84.4 Å². The molecule has 0 N–H and O–H groups in total. The molecule has 3 aromatic heterocycles. The quantitative estimate of drug-likeness (QED) is 0.445. The highest BCUT2D eigenvalue weighted by atomic mass is 15.1. The Morgan fingerprint density at radius 2 is 1.72 bits per heavy atom. The number of hydrogen-bond acceptors (Lipinski definition) is 5. The van der Waals surface area contributed by atoms with Gasteiger partial charge < -0.3 is 0 Å². The zero-order valence-electron chi connectivity index (χ0n) is 16.4. The predicted octanol–water partition coefficient (Wildman–Crippen LogP) is 5.24. The monoisotopic (exact) mass is 379 g/mol. The van der Waals surface area contributed by atoms with Crippen LogP contribution < -0.4 is 0 Å². The third-order valence-electron chi connectivity index (χ3n) is 4.59. The molecule has 1 aromatic carbocycles. The van der Waals surface area contributed by atoms with E-state index in [1.54, 1.807) is 12.4 Å². The normalized spacial score (nSPS) is 11.4. The highest BCUT2D eigenvalue weighted by molar-refractivity contribution is 5.86. The van der Waals surface area contributed by atoms with Crippen molar-refractivity contribution in [2.45, 2.75) is 20.3 Å². The molecule has 0 aliphatic heterocycles. The van der Waals surface area contributed by atoms with Crippen molar-refractivity contribution in [2.24, 2.45) is 4.99 Å². The minimum atomic E-state index is 0.739. The van der Waals surface area contributed by atoms with Crippen LogP contribution in [0.1, 0.15) is 18.1 Å². The molecule has 0 saturated heterocycles. The van der Waals surface area contributed by atoms with Crippen molar-refractivity contribution in [3.05, 3.63) is 90.5 Å². The largest absolute Gasteiger partial charge is 0.256 e. The molecule has 0 saturated carbocycles. The highest BCUT2D eigenvalue weighted by Gasteiger charge is 2.06. The molecule has 0 atom stereocenters. The summed E-state index contributed by atoms with van der Waals surface area (Å²) in [7, 11) is 0. The number of pyridine rings is 2. The first-order valence-electron chi connectivity index (χ1n) is 9.47. The summed E-state index contributed by atoms with van der Waals surface area (Å²) in [6.45, 7) is 4.09. The van der Waals surface area contributed by atoms with Crippen LogP contribution >= 0.6 is 0 Å². The molecule has 4 rings (SSSR count). The third kappa shape index (κ3) is 4.58. The fourth-order valence-electron chi connectivity index (χ4n) is 3.25. The standard InChI is InChI=1S/C24H21N5/c1-17-12-19(14-26-24(17)21-10-11-27-28-15-21)13-18(2)29-22-8-9-23(25-16-22)20-6-4-3-5-7-20/h3-12,14-16H,13H2,1-2H3. The lowest BCUT2D eigenvalue weighted by Crippen LogP contribution is -2.00. The highest BCUT2D eigenvalue weighted by Crippen LogP contribution is 2.22. The van der Waals surface area contributed by atoms with E-state index in [2.05, 4.69) is 45.3 Å². The van der Waals surface area contributed by atoms with Gasteiger partial charge in [-0.15, -0.1) is 0 Å². The third-order valence-corrected chi connectivity index (χ3v) is 4.59. The van der Waals surface area contributed by atoms with E-state index in [-0.39, 0.29) is 0 Å². The summed E-state index contributed by atoms with van der Waals surface area (Å²) in [5.74, 6) is 0. The van der Waals surface area contributed by atoms with Crippen molar-refractivity contribution >= 4 is 11.4 Å². The summed E-state index contributed by atoms with van der Waals surface area (Å²) < 4.78 is 0. The second-order valence-electron chi connectivity index (χ2n) is 6.93. The van der Waals surface area contributed by atoms with Crippen molar-refractivity contribution in [3.8, 4) is 22.5 Å². The van der Waals surface area contributed by atoms with Gasteiger partial charge in [-0.2, -0.15) is 10.2 Å². The van der Waals surface area contributed by atoms with Crippen LogP contribution in [0.25, 0.3) is 22.5 Å². The molecule has 142 valence electrons. The van der Waals surface area contributed by atoms with Crippen LogP contribution in [0.5, 0.6) is 0 Å². The zero-order chi connectivity index (χ0) is 20.1. The van der Waals surface area contributed by atoms with E-state index in [1.165, 1.54) is 0 Å². The maximum Gasteiger partial charge on any atom is 0.0812 e. The summed E-state index contributed by atoms with van der Waals surface area (Å²) in [6.07, 6.45) is 7.86. The van der Waals surface area contributed by atoms with Crippen LogP contribution in [0.4, 0.5) is 5.69 Å². The minimum absolute atomic E-state index is 0.739. The topological polar surface area (TPSA) is 63.9 Å². The van der Waals surface area contributed by atoms with Crippen molar-refractivity contribution in [1.82, 2.24) is 20.2 Å². The van der Waals surface area contributed by atoms with E-state index >= 15 is 0 Å². The molecule has 5 heteroatoms. The first-order chi connectivity index (χ1) is 14.2. The number of hydrogen-bond donors (Lipinski definition) is 0. The second kappa shape index (κ2) is 8.52. The van der Waals surface area contributed by atoms with E-state index in [0.717, 1.165) is 51.5 Å². The first kappa shape index (κ1) is 18.6. The van der Waals surface area contributed by atoms with Crippen molar-refractivity contribution in [1.29, 1.82) is 0 Å². The Labute approximate surface area is 170 Å². The molecule has 0 unspecified atom stereocenters. The number of aromatic nitrogens is 4. The second-order valence-corrected chi connectivity index (χ2v) is 6.93. The van der Waals surface area contributed by atoms with Gasteiger partial charge in [0.05, 0.1) is 35.7 Å². The number of nitrogens with zero attached hydrogens (tertiary/aromatic N) is 5. The molecule has 3 heterocycles. The molecule has 0 fully saturated rings. The summed E-state index contributed by atoms with van der Waals surface area (Å²) >= 11 is 0. The van der Waals surface area contributed by atoms with Crippen LogP contribution in [-0.2, 0) is 6.42 Å². The fourth-order valence-corrected chi connectivity index (χ4v) is 3.25. The molecule has 0 aliphatic rings. The van der Waals surface area contributed by atoms with Gasteiger partial charge in [-0.25, -0.2) is 0 Å². The van der Waals surface area contributed by atoms with E-state index in [0.29, 0.717) is 0 Å². The van der Waals surface area contributed by atoms with E-state index < -0.39 is 0 Å². The Hall–Kier alpha value is -3.73. The maximum atomic E-state index is 4.71. The van der Waals surface area contributed by atoms with Crippen molar-refractivity contribution in [3.63, 3.8) is 0 Å². The lowest BCUT2D eigenvalue weighted by Gasteiger charge is -2.08. The molecule has 0 radical (unpaired) electrons. The minimum Gasteiger partial charge on any atom is -0.256 e. The lowest BCUT2D eigenvalue weighted by molar-refractivity contribution is 1.03. The van der Waals surface area contributed by atoms with Gasteiger partial charge in [0.2, 0.25) is 0 Å². The van der Waals surface area contributed by atoms with Gasteiger partial charge in [-0.1, -0.05) is 36.4 Å². The number of rotatable bonds is 5.